The Hall–Kier alpha value is -0.570. The molecule has 0 aromatic rings. The number of hydrogen-bond acceptors (Lipinski definition) is 3. The van der Waals surface area contributed by atoms with Crippen LogP contribution >= 0.6 is 0 Å². The van der Waals surface area contributed by atoms with Gasteiger partial charge in [-0.25, -0.2) is 0 Å². The lowest BCUT2D eigenvalue weighted by Crippen LogP contribution is -2.32. The second-order valence-corrected chi connectivity index (χ2v) is 4.85. The molecule has 2 atom stereocenters. The van der Waals surface area contributed by atoms with E-state index in [0.717, 1.165) is 19.5 Å². The maximum absolute atomic E-state index is 11.8. The lowest BCUT2D eigenvalue weighted by atomic mass is 9.80. The van der Waals surface area contributed by atoms with Gasteiger partial charge in [-0.05, 0) is 44.2 Å². The zero-order valence-corrected chi connectivity index (χ0v) is 9.50. The SMILES string of the molecule is COC(=O)C(C1CCCC1)C1CCNC1. The number of methoxy groups -OCH3 is 1. The van der Waals surface area contributed by atoms with E-state index >= 15 is 0 Å². The van der Waals surface area contributed by atoms with E-state index in [9.17, 15) is 4.79 Å². The van der Waals surface area contributed by atoms with Crippen molar-refractivity contribution in [3.05, 3.63) is 0 Å². The third-order valence-corrected chi connectivity index (χ3v) is 3.99. The van der Waals surface area contributed by atoms with Crippen LogP contribution < -0.4 is 5.32 Å². The average molecular weight is 211 g/mol. The lowest BCUT2D eigenvalue weighted by molar-refractivity contribution is -0.149. The fraction of sp³-hybridized carbons (Fsp3) is 0.917. The van der Waals surface area contributed by atoms with Gasteiger partial charge in [-0.1, -0.05) is 12.8 Å². The van der Waals surface area contributed by atoms with Crippen LogP contribution in [0.1, 0.15) is 32.1 Å². The van der Waals surface area contributed by atoms with Crippen LogP contribution in [0.2, 0.25) is 0 Å². The van der Waals surface area contributed by atoms with Crippen molar-refractivity contribution in [2.45, 2.75) is 32.1 Å². The summed E-state index contributed by atoms with van der Waals surface area (Å²) in [5.74, 6) is 1.28. The largest absolute Gasteiger partial charge is 0.469 e. The molecule has 1 aliphatic carbocycles. The molecule has 1 aliphatic heterocycles. The Morgan fingerprint density at radius 3 is 2.53 bits per heavy atom. The highest BCUT2D eigenvalue weighted by atomic mass is 16.5. The molecule has 86 valence electrons. The van der Waals surface area contributed by atoms with Gasteiger partial charge >= 0.3 is 5.97 Å². The standard InChI is InChI=1S/C12H21NO2/c1-15-12(14)11(9-4-2-3-5-9)10-6-7-13-8-10/h9-11,13H,2-8H2,1H3. The zero-order chi connectivity index (χ0) is 10.7. The van der Waals surface area contributed by atoms with Gasteiger partial charge in [0.2, 0.25) is 0 Å². The predicted molar refractivity (Wildman–Crippen MR) is 58.4 cm³/mol. The maximum atomic E-state index is 11.8. The van der Waals surface area contributed by atoms with Gasteiger partial charge in [-0.2, -0.15) is 0 Å². The second kappa shape index (κ2) is 4.97. The van der Waals surface area contributed by atoms with E-state index in [4.69, 9.17) is 4.74 Å². The Morgan fingerprint density at radius 1 is 1.27 bits per heavy atom. The third kappa shape index (κ3) is 2.33. The van der Waals surface area contributed by atoms with Gasteiger partial charge < -0.3 is 10.1 Å². The monoisotopic (exact) mass is 211 g/mol. The van der Waals surface area contributed by atoms with Crippen molar-refractivity contribution in [1.29, 1.82) is 0 Å². The highest BCUT2D eigenvalue weighted by Crippen LogP contribution is 2.37. The molecule has 0 aromatic carbocycles. The van der Waals surface area contributed by atoms with Crippen molar-refractivity contribution >= 4 is 5.97 Å². The van der Waals surface area contributed by atoms with Crippen molar-refractivity contribution in [2.75, 3.05) is 20.2 Å². The Bertz CT molecular complexity index is 202. The molecule has 2 rings (SSSR count). The smallest absolute Gasteiger partial charge is 0.309 e. The van der Waals surface area contributed by atoms with E-state index in [2.05, 4.69) is 5.32 Å². The summed E-state index contributed by atoms with van der Waals surface area (Å²) in [6.07, 6.45) is 6.15. The van der Waals surface area contributed by atoms with Gasteiger partial charge in [0.25, 0.3) is 0 Å². The fourth-order valence-electron chi connectivity index (χ4n) is 3.21. The summed E-state index contributed by atoms with van der Waals surface area (Å²) in [7, 11) is 1.52. The predicted octanol–water partition coefficient (Wildman–Crippen LogP) is 1.58. The van der Waals surface area contributed by atoms with E-state index in [1.807, 2.05) is 0 Å². The van der Waals surface area contributed by atoms with E-state index < -0.39 is 0 Å². The van der Waals surface area contributed by atoms with Crippen LogP contribution in [0.3, 0.4) is 0 Å². The topological polar surface area (TPSA) is 38.3 Å². The molecule has 15 heavy (non-hydrogen) atoms. The number of carbonyl (C=O) groups is 1. The quantitative estimate of drug-likeness (QED) is 0.720. The first-order valence-corrected chi connectivity index (χ1v) is 6.11. The maximum Gasteiger partial charge on any atom is 0.309 e. The summed E-state index contributed by atoms with van der Waals surface area (Å²) in [4.78, 5) is 11.8. The first-order valence-electron chi connectivity index (χ1n) is 6.11. The van der Waals surface area contributed by atoms with Gasteiger partial charge in [-0.15, -0.1) is 0 Å². The van der Waals surface area contributed by atoms with Crippen LogP contribution in [0.15, 0.2) is 0 Å². The number of esters is 1. The first-order chi connectivity index (χ1) is 7.33. The molecular formula is C12H21NO2. The van der Waals surface area contributed by atoms with Crippen molar-refractivity contribution in [2.24, 2.45) is 17.8 Å². The molecule has 1 heterocycles. The van der Waals surface area contributed by atoms with E-state index in [-0.39, 0.29) is 11.9 Å². The minimum absolute atomic E-state index is 0.0237. The van der Waals surface area contributed by atoms with Crippen LogP contribution in [0.25, 0.3) is 0 Å². The van der Waals surface area contributed by atoms with Crippen LogP contribution in [-0.2, 0) is 9.53 Å². The summed E-state index contributed by atoms with van der Waals surface area (Å²) >= 11 is 0. The molecule has 1 N–H and O–H groups in total. The summed E-state index contributed by atoms with van der Waals surface area (Å²) < 4.78 is 4.97. The Morgan fingerprint density at radius 2 is 2.00 bits per heavy atom. The van der Waals surface area contributed by atoms with Crippen molar-refractivity contribution in [1.82, 2.24) is 5.32 Å². The Balaban J connectivity index is 2.03. The molecule has 0 bridgehead atoms. The normalized spacial score (nSPS) is 29.3. The third-order valence-electron chi connectivity index (χ3n) is 3.99. The van der Waals surface area contributed by atoms with Gasteiger partial charge in [0, 0.05) is 0 Å². The molecule has 2 fully saturated rings. The highest BCUT2D eigenvalue weighted by Gasteiger charge is 2.38. The molecule has 3 heteroatoms. The van der Waals surface area contributed by atoms with Crippen molar-refractivity contribution < 1.29 is 9.53 Å². The summed E-state index contributed by atoms with van der Waals surface area (Å²) in [5.41, 5.74) is 0. The van der Waals surface area contributed by atoms with Gasteiger partial charge in [0.1, 0.15) is 0 Å². The van der Waals surface area contributed by atoms with Gasteiger partial charge in [-0.3, -0.25) is 4.79 Å². The minimum atomic E-state index is 0.0237. The number of nitrogens with one attached hydrogen (secondary N) is 1. The number of ether oxygens (including phenoxy) is 1. The number of rotatable bonds is 3. The van der Waals surface area contributed by atoms with Crippen molar-refractivity contribution in [3.8, 4) is 0 Å². The summed E-state index contributed by atoms with van der Waals surface area (Å²) in [5, 5.41) is 3.35. The fourth-order valence-corrected chi connectivity index (χ4v) is 3.21. The molecule has 3 nitrogen and oxygen atoms in total. The van der Waals surface area contributed by atoms with Gasteiger partial charge in [0.05, 0.1) is 13.0 Å². The highest BCUT2D eigenvalue weighted by molar-refractivity contribution is 5.73. The minimum Gasteiger partial charge on any atom is -0.469 e. The number of carbonyl (C=O) groups excluding carboxylic acids is 1. The molecule has 2 aliphatic rings. The Kier molecular flexibility index (Phi) is 3.62. The van der Waals surface area contributed by atoms with Crippen LogP contribution in [0.4, 0.5) is 0 Å². The second-order valence-electron chi connectivity index (χ2n) is 4.85. The Labute approximate surface area is 91.6 Å². The van der Waals surface area contributed by atoms with Crippen LogP contribution in [0.5, 0.6) is 0 Å². The van der Waals surface area contributed by atoms with Gasteiger partial charge in [0.15, 0.2) is 0 Å². The van der Waals surface area contributed by atoms with Crippen molar-refractivity contribution in [3.63, 3.8) is 0 Å². The molecule has 1 saturated heterocycles. The molecule has 1 saturated carbocycles. The molecule has 2 unspecified atom stereocenters. The first kappa shape index (κ1) is 10.9. The number of hydrogen-bond donors (Lipinski definition) is 1. The molecule has 0 spiro atoms. The van der Waals surface area contributed by atoms with E-state index in [1.165, 1.54) is 32.8 Å². The zero-order valence-electron chi connectivity index (χ0n) is 9.50. The van der Waals surface area contributed by atoms with E-state index in [0.29, 0.717) is 11.8 Å². The molecular weight excluding hydrogens is 190 g/mol. The summed E-state index contributed by atoms with van der Waals surface area (Å²) in [6.45, 7) is 2.06. The molecule has 0 radical (unpaired) electrons. The summed E-state index contributed by atoms with van der Waals surface area (Å²) in [6, 6.07) is 0. The van der Waals surface area contributed by atoms with Crippen LogP contribution in [-0.4, -0.2) is 26.2 Å². The molecule has 0 aromatic heterocycles. The van der Waals surface area contributed by atoms with Crippen LogP contribution in [0, 0.1) is 17.8 Å². The lowest BCUT2D eigenvalue weighted by Gasteiger charge is -2.26. The average Bonchev–Trinajstić information content (AvgIpc) is 2.90. The van der Waals surface area contributed by atoms with E-state index in [1.54, 1.807) is 0 Å². The molecule has 0 amide bonds.